The van der Waals surface area contributed by atoms with Crippen molar-refractivity contribution in [1.29, 1.82) is 0 Å². The summed E-state index contributed by atoms with van der Waals surface area (Å²) >= 11 is 0. The normalized spacial score (nSPS) is 30.2. The molecule has 2 nitrogen and oxygen atoms in total. The second-order valence-electron chi connectivity index (χ2n) is 3.19. The first kappa shape index (κ1) is 8.31. The van der Waals surface area contributed by atoms with Crippen LogP contribution in [0.2, 0.25) is 0 Å². The molecular formula is C9H14O2. The summed E-state index contributed by atoms with van der Waals surface area (Å²) < 4.78 is 0. The largest absolute Gasteiger partial charge is 0.481 e. The van der Waals surface area contributed by atoms with Crippen molar-refractivity contribution in [3.8, 4) is 0 Å². The van der Waals surface area contributed by atoms with E-state index in [1.165, 1.54) is 0 Å². The molecule has 2 atom stereocenters. The van der Waals surface area contributed by atoms with Gasteiger partial charge in [-0.3, -0.25) is 4.79 Å². The summed E-state index contributed by atoms with van der Waals surface area (Å²) in [6.45, 7) is 3.71. The number of hydrogen-bond acceptors (Lipinski definition) is 1. The Kier molecular flexibility index (Phi) is 2.69. The highest BCUT2D eigenvalue weighted by atomic mass is 16.4. The Bertz CT molecular complexity index is 163. The number of aliphatic carboxylic acids is 1. The molecule has 0 spiro atoms. The third kappa shape index (κ3) is 2.07. The lowest BCUT2D eigenvalue weighted by atomic mass is 9.93. The first-order chi connectivity index (χ1) is 5.24. The van der Waals surface area contributed by atoms with Crippen LogP contribution < -0.4 is 0 Å². The minimum Gasteiger partial charge on any atom is -0.481 e. The first-order valence-corrected chi connectivity index (χ1v) is 4.08. The van der Waals surface area contributed by atoms with E-state index < -0.39 is 5.97 Å². The molecule has 2 unspecified atom stereocenters. The molecule has 1 saturated carbocycles. The van der Waals surface area contributed by atoms with Crippen LogP contribution in [0.1, 0.15) is 25.7 Å². The molecule has 0 radical (unpaired) electrons. The van der Waals surface area contributed by atoms with Gasteiger partial charge in [0.25, 0.3) is 0 Å². The molecule has 1 aliphatic carbocycles. The fourth-order valence-electron chi connectivity index (χ4n) is 1.85. The summed E-state index contributed by atoms with van der Waals surface area (Å²) in [6.07, 6.45) is 5.57. The van der Waals surface area contributed by atoms with Crippen molar-refractivity contribution >= 4 is 5.97 Å². The standard InChI is InChI=1S/C9H14O2/c1-2-7-4-3-5-8(7)6-9(10)11/h2,7-8H,1,3-6H2,(H,10,11). The van der Waals surface area contributed by atoms with Crippen LogP contribution >= 0.6 is 0 Å². The minimum atomic E-state index is -0.677. The van der Waals surface area contributed by atoms with Crippen molar-refractivity contribution < 1.29 is 9.90 Å². The minimum absolute atomic E-state index is 0.316. The highest BCUT2D eigenvalue weighted by Gasteiger charge is 2.26. The molecule has 0 bridgehead atoms. The van der Waals surface area contributed by atoms with Crippen LogP contribution in [0.4, 0.5) is 0 Å². The van der Waals surface area contributed by atoms with Crippen molar-refractivity contribution in [2.45, 2.75) is 25.7 Å². The van der Waals surface area contributed by atoms with Gasteiger partial charge in [0, 0.05) is 6.42 Å². The summed E-state index contributed by atoms with van der Waals surface area (Å²) in [7, 11) is 0. The zero-order valence-corrected chi connectivity index (χ0v) is 6.62. The van der Waals surface area contributed by atoms with Gasteiger partial charge >= 0.3 is 5.97 Å². The van der Waals surface area contributed by atoms with Crippen LogP contribution in [0.25, 0.3) is 0 Å². The van der Waals surface area contributed by atoms with E-state index in [0.717, 1.165) is 19.3 Å². The molecule has 0 heterocycles. The Balaban J connectivity index is 2.43. The summed E-state index contributed by atoms with van der Waals surface area (Å²) in [5.41, 5.74) is 0. The Morgan fingerprint density at radius 1 is 1.64 bits per heavy atom. The number of hydrogen-bond donors (Lipinski definition) is 1. The lowest BCUT2D eigenvalue weighted by Gasteiger charge is -2.12. The number of carbonyl (C=O) groups is 1. The molecule has 1 rings (SSSR count). The molecule has 0 amide bonds. The van der Waals surface area contributed by atoms with Gasteiger partial charge in [0.15, 0.2) is 0 Å². The summed E-state index contributed by atoms with van der Waals surface area (Å²) in [4.78, 5) is 10.4. The second-order valence-corrected chi connectivity index (χ2v) is 3.19. The van der Waals surface area contributed by atoms with Crippen molar-refractivity contribution in [1.82, 2.24) is 0 Å². The maximum absolute atomic E-state index is 10.4. The lowest BCUT2D eigenvalue weighted by Crippen LogP contribution is -2.10. The van der Waals surface area contributed by atoms with Gasteiger partial charge in [-0.25, -0.2) is 0 Å². The predicted molar refractivity (Wildman–Crippen MR) is 43.3 cm³/mol. The molecule has 0 saturated heterocycles. The van der Waals surface area contributed by atoms with E-state index in [4.69, 9.17) is 5.11 Å². The number of carboxylic acids is 1. The van der Waals surface area contributed by atoms with E-state index in [1.54, 1.807) is 0 Å². The van der Waals surface area contributed by atoms with Crippen LogP contribution in [0.3, 0.4) is 0 Å². The van der Waals surface area contributed by atoms with Crippen LogP contribution in [-0.4, -0.2) is 11.1 Å². The maximum Gasteiger partial charge on any atom is 0.303 e. The van der Waals surface area contributed by atoms with Crippen molar-refractivity contribution in [2.75, 3.05) is 0 Å². The van der Waals surface area contributed by atoms with Gasteiger partial charge in [0.05, 0.1) is 0 Å². The summed E-state index contributed by atoms with van der Waals surface area (Å²) in [6, 6.07) is 0. The van der Waals surface area contributed by atoms with Gasteiger partial charge in [-0.2, -0.15) is 0 Å². The number of carboxylic acid groups (broad SMARTS) is 1. The molecule has 0 aromatic carbocycles. The van der Waals surface area contributed by atoms with Gasteiger partial charge in [-0.15, -0.1) is 6.58 Å². The van der Waals surface area contributed by atoms with Crippen LogP contribution in [0.15, 0.2) is 12.7 Å². The van der Waals surface area contributed by atoms with Crippen LogP contribution in [0, 0.1) is 11.8 Å². The fraction of sp³-hybridized carbons (Fsp3) is 0.667. The van der Waals surface area contributed by atoms with Gasteiger partial charge in [0.1, 0.15) is 0 Å². The number of rotatable bonds is 3. The maximum atomic E-state index is 10.4. The van der Waals surface area contributed by atoms with Gasteiger partial charge in [0.2, 0.25) is 0 Å². The van der Waals surface area contributed by atoms with E-state index in [9.17, 15) is 4.79 Å². The highest BCUT2D eigenvalue weighted by molar-refractivity contribution is 5.67. The average Bonchev–Trinajstić information content (AvgIpc) is 2.34. The molecule has 0 aromatic rings. The average molecular weight is 154 g/mol. The molecule has 11 heavy (non-hydrogen) atoms. The third-order valence-electron chi connectivity index (χ3n) is 2.46. The molecule has 2 heteroatoms. The van der Waals surface area contributed by atoms with E-state index in [2.05, 4.69) is 6.58 Å². The van der Waals surface area contributed by atoms with E-state index in [0.29, 0.717) is 18.3 Å². The number of allylic oxidation sites excluding steroid dienone is 1. The molecule has 62 valence electrons. The second kappa shape index (κ2) is 3.56. The highest BCUT2D eigenvalue weighted by Crippen LogP contribution is 2.34. The van der Waals surface area contributed by atoms with Gasteiger partial charge < -0.3 is 5.11 Å². The third-order valence-corrected chi connectivity index (χ3v) is 2.46. The van der Waals surface area contributed by atoms with Crippen molar-refractivity contribution in [2.24, 2.45) is 11.8 Å². The van der Waals surface area contributed by atoms with E-state index >= 15 is 0 Å². The van der Waals surface area contributed by atoms with Crippen LogP contribution in [0.5, 0.6) is 0 Å². The summed E-state index contributed by atoms with van der Waals surface area (Å²) in [5, 5.41) is 8.55. The zero-order chi connectivity index (χ0) is 8.27. The molecule has 1 fully saturated rings. The molecule has 0 aromatic heterocycles. The van der Waals surface area contributed by atoms with Crippen LogP contribution in [-0.2, 0) is 4.79 Å². The molecular weight excluding hydrogens is 140 g/mol. The van der Waals surface area contributed by atoms with Crippen molar-refractivity contribution in [3.63, 3.8) is 0 Å². The lowest BCUT2D eigenvalue weighted by molar-refractivity contribution is -0.138. The Hall–Kier alpha value is -0.790. The Morgan fingerprint density at radius 3 is 2.91 bits per heavy atom. The summed E-state index contributed by atoms with van der Waals surface area (Å²) in [5.74, 6) is 0.125. The van der Waals surface area contributed by atoms with E-state index in [-0.39, 0.29) is 0 Å². The van der Waals surface area contributed by atoms with Gasteiger partial charge in [-0.1, -0.05) is 12.5 Å². The van der Waals surface area contributed by atoms with Crippen molar-refractivity contribution in [3.05, 3.63) is 12.7 Å². The quantitative estimate of drug-likeness (QED) is 0.632. The molecule has 0 aliphatic heterocycles. The predicted octanol–water partition coefficient (Wildman–Crippen LogP) is 2.06. The molecule has 1 N–H and O–H groups in total. The fourth-order valence-corrected chi connectivity index (χ4v) is 1.85. The SMILES string of the molecule is C=CC1CCCC1CC(=O)O. The Morgan fingerprint density at radius 2 is 2.36 bits per heavy atom. The smallest absolute Gasteiger partial charge is 0.303 e. The first-order valence-electron chi connectivity index (χ1n) is 4.08. The Labute approximate surface area is 66.9 Å². The zero-order valence-electron chi connectivity index (χ0n) is 6.62. The topological polar surface area (TPSA) is 37.3 Å². The molecule has 1 aliphatic rings. The van der Waals surface area contributed by atoms with Gasteiger partial charge in [-0.05, 0) is 24.7 Å². The monoisotopic (exact) mass is 154 g/mol. The van der Waals surface area contributed by atoms with E-state index in [1.807, 2.05) is 6.08 Å².